The molecule has 0 aliphatic rings. The number of aryl methyl sites for hydroxylation is 1. The molecule has 3 aromatic rings. The molecule has 7 heteroatoms. The second kappa shape index (κ2) is 5.06. The Morgan fingerprint density at radius 1 is 1.38 bits per heavy atom. The molecular weight excluding hydrogens is 388 g/mol. The molecule has 0 aliphatic carbocycles. The lowest BCUT2D eigenvalue weighted by atomic mass is 10.1. The lowest BCUT2D eigenvalue weighted by Crippen LogP contribution is -2.08. The average molecular weight is 397 g/mol. The highest BCUT2D eigenvalue weighted by Gasteiger charge is 2.19. The summed E-state index contributed by atoms with van der Waals surface area (Å²) in [6.07, 6.45) is 0. The van der Waals surface area contributed by atoms with Crippen molar-refractivity contribution in [2.24, 2.45) is 0 Å². The molecule has 0 unspecified atom stereocenters. The van der Waals surface area contributed by atoms with Crippen molar-refractivity contribution in [3.05, 3.63) is 51.1 Å². The van der Waals surface area contributed by atoms with Gasteiger partial charge in [-0.3, -0.25) is 0 Å². The first-order valence-corrected chi connectivity index (χ1v) is 7.11. The van der Waals surface area contributed by atoms with Crippen molar-refractivity contribution in [1.29, 1.82) is 0 Å². The molecule has 1 N–H and O–H groups in total. The standard InChI is InChI=1S/C14H9FIN3O2/c1-7-12(16)13-17-10(8-4-2-3-5-9(8)15)6-11(14(20)21)19(13)18-7/h2-6H,1H3,(H,20,21). The minimum absolute atomic E-state index is 0.0516. The van der Waals surface area contributed by atoms with Gasteiger partial charge in [0.2, 0.25) is 0 Å². The normalized spacial score (nSPS) is 11.0. The first kappa shape index (κ1) is 13.9. The predicted molar refractivity (Wildman–Crippen MR) is 82.8 cm³/mol. The van der Waals surface area contributed by atoms with Crippen LogP contribution in [-0.4, -0.2) is 25.7 Å². The summed E-state index contributed by atoms with van der Waals surface area (Å²) < 4.78 is 15.9. The van der Waals surface area contributed by atoms with Crippen LogP contribution in [0.25, 0.3) is 16.9 Å². The number of fused-ring (bicyclic) bond motifs is 1. The van der Waals surface area contributed by atoms with Crippen LogP contribution in [0.1, 0.15) is 16.2 Å². The number of benzene rings is 1. The van der Waals surface area contributed by atoms with Gasteiger partial charge in [0.15, 0.2) is 11.3 Å². The molecule has 0 atom stereocenters. The van der Waals surface area contributed by atoms with E-state index in [1.165, 1.54) is 16.6 Å². The topological polar surface area (TPSA) is 67.5 Å². The van der Waals surface area contributed by atoms with Crippen LogP contribution >= 0.6 is 22.6 Å². The van der Waals surface area contributed by atoms with Crippen molar-refractivity contribution < 1.29 is 14.3 Å². The zero-order valence-corrected chi connectivity index (χ0v) is 13.0. The third kappa shape index (κ3) is 2.27. The number of halogens is 2. The highest BCUT2D eigenvalue weighted by Crippen LogP contribution is 2.25. The summed E-state index contributed by atoms with van der Waals surface area (Å²) in [5, 5.41) is 13.5. The second-order valence-electron chi connectivity index (χ2n) is 4.45. The van der Waals surface area contributed by atoms with Crippen molar-refractivity contribution in [2.75, 3.05) is 0 Å². The summed E-state index contributed by atoms with van der Waals surface area (Å²) in [6.45, 7) is 1.77. The van der Waals surface area contributed by atoms with E-state index in [4.69, 9.17) is 0 Å². The SMILES string of the molecule is Cc1nn2c(C(=O)O)cc(-c3ccccc3F)nc2c1I. The Labute approximate surface area is 132 Å². The van der Waals surface area contributed by atoms with E-state index in [1.807, 2.05) is 0 Å². The fraction of sp³-hybridized carbons (Fsp3) is 0.0714. The van der Waals surface area contributed by atoms with E-state index in [-0.39, 0.29) is 17.0 Å². The number of hydrogen-bond acceptors (Lipinski definition) is 3. The lowest BCUT2D eigenvalue weighted by molar-refractivity contribution is 0.0687. The maximum Gasteiger partial charge on any atom is 0.354 e. The smallest absolute Gasteiger partial charge is 0.354 e. The maximum absolute atomic E-state index is 13.9. The molecule has 5 nitrogen and oxygen atoms in total. The summed E-state index contributed by atoms with van der Waals surface area (Å²) >= 11 is 2.05. The van der Waals surface area contributed by atoms with Gasteiger partial charge in [0.05, 0.1) is 15.0 Å². The average Bonchev–Trinajstić information content (AvgIpc) is 2.74. The van der Waals surface area contributed by atoms with Crippen molar-refractivity contribution in [3.8, 4) is 11.3 Å². The van der Waals surface area contributed by atoms with Crippen LogP contribution in [-0.2, 0) is 0 Å². The highest BCUT2D eigenvalue weighted by molar-refractivity contribution is 14.1. The predicted octanol–water partition coefficient (Wildman–Crippen LogP) is 3.15. The van der Waals surface area contributed by atoms with Gasteiger partial charge in [0.1, 0.15) is 5.82 Å². The Bertz CT molecular complexity index is 876. The van der Waals surface area contributed by atoms with Gasteiger partial charge in [-0.1, -0.05) is 12.1 Å². The summed E-state index contributed by atoms with van der Waals surface area (Å²) in [5.41, 5.74) is 1.57. The van der Waals surface area contributed by atoms with Crippen LogP contribution in [0.3, 0.4) is 0 Å². The second-order valence-corrected chi connectivity index (χ2v) is 5.53. The highest BCUT2D eigenvalue weighted by atomic mass is 127. The van der Waals surface area contributed by atoms with E-state index in [0.29, 0.717) is 11.3 Å². The van der Waals surface area contributed by atoms with Gasteiger partial charge in [-0.25, -0.2) is 18.7 Å². The fourth-order valence-electron chi connectivity index (χ4n) is 2.06. The molecule has 2 aromatic heterocycles. The molecule has 0 amide bonds. The van der Waals surface area contributed by atoms with Crippen LogP contribution in [0.15, 0.2) is 30.3 Å². The molecule has 0 radical (unpaired) electrons. The lowest BCUT2D eigenvalue weighted by Gasteiger charge is -2.06. The van der Waals surface area contributed by atoms with Crippen LogP contribution in [0.5, 0.6) is 0 Å². The summed E-state index contributed by atoms with van der Waals surface area (Å²) in [5.74, 6) is -1.59. The van der Waals surface area contributed by atoms with E-state index in [1.54, 1.807) is 25.1 Å². The third-order valence-electron chi connectivity index (χ3n) is 3.06. The minimum atomic E-state index is -1.14. The summed E-state index contributed by atoms with van der Waals surface area (Å²) in [7, 11) is 0. The van der Waals surface area contributed by atoms with E-state index >= 15 is 0 Å². The number of carboxylic acids is 1. The Hall–Kier alpha value is -2.03. The molecule has 106 valence electrons. The molecule has 3 rings (SSSR count). The zero-order chi connectivity index (χ0) is 15.1. The van der Waals surface area contributed by atoms with Gasteiger partial charge >= 0.3 is 5.97 Å². The van der Waals surface area contributed by atoms with E-state index in [2.05, 4.69) is 32.7 Å². The van der Waals surface area contributed by atoms with E-state index in [9.17, 15) is 14.3 Å². The van der Waals surface area contributed by atoms with Crippen LogP contribution in [0.4, 0.5) is 4.39 Å². The summed E-state index contributed by atoms with van der Waals surface area (Å²) in [6, 6.07) is 7.46. The van der Waals surface area contributed by atoms with Crippen molar-refractivity contribution >= 4 is 34.2 Å². The summed E-state index contributed by atoms with van der Waals surface area (Å²) in [4.78, 5) is 15.8. The quantitative estimate of drug-likeness (QED) is 0.675. The van der Waals surface area contributed by atoms with Gasteiger partial charge in [0, 0.05) is 5.56 Å². The van der Waals surface area contributed by atoms with E-state index < -0.39 is 11.8 Å². The molecule has 0 saturated heterocycles. The van der Waals surface area contributed by atoms with Gasteiger partial charge in [-0.05, 0) is 47.7 Å². The number of carbonyl (C=O) groups is 1. The number of hydrogen-bond donors (Lipinski definition) is 1. The monoisotopic (exact) mass is 397 g/mol. The molecule has 0 saturated carbocycles. The molecule has 1 aromatic carbocycles. The number of rotatable bonds is 2. The van der Waals surface area contributed by atoms with Crippen molar-refractivity contribution in [3.63, 3.8) is 0 Å². The Balaban J connectivity index is 2.38. The van der Waals surface area contributed by atoms with E-state index in [0.717, 1.165) is 3.57 Å². The third-order valence-corrected chi connectivity index (χ3v) is 4.32. The number of aromatic carboxylic acids is 1. The van der Waals surface area contributed by atoms with Gasteiger partial charge < -0.3 is 5.11 Å². The molecule has 21 heavy (non-hydrogen) atoms. The van der Waals surface area contributed by atoms with Crippen molar-refractivity contribution in [1.82, 2.24) is 14.6 Å². The van der Waals surface area contributed by atoms with Crippen LogP contribution in [0.2, 0.25) is 0 Å². The number of carboxylic acid groups (broad SMARTS) is 1. The Morgan fingerprint density at radius 3 is 2.76 bits per heavy atom. The first-order valence-electron chi connectivity index (χ1n) is 6.03. The maximum atomic E-state index is 13.9. The number of aromatic nitrogens is 3. The van der Waals surface area contributed by atoms with Crippen LogP contribution in [0, 0.1) is 16.3 Å². The largest absolute Gasteiger partial charge is 0.477 e. The molecule has 0 spiro atoms. The minimum Gasteiger partial charge on any atom is -0.477 e. The van der Waals surface area contributed by atoms with Gasteiger partial charge in [-0.2, -0.15) is 5.10 Å². The first-order chi connectivity index (χ1) is 9.99. The molecule has 0 aliphatic heterocycles. The zero-order valence-electron chi connectivity index (χ0n) is 10.8. The van der Waals surface area contributed by atoms with Gasteiger partial charge in [0.25, 0.3) is 0 Å². The molecule has 0 bridgehead atoms. The Kier molecular flexibility index (Phi) is 3.36. The molecular formula is C14H9FIN3O2. The molecule has 0 fully saturated rings. The van der Waals surface area contributed by atoms with Crippen molar-refractivity contribution in [2.45, 2.75) is 6.92 Å². The number of nitrogens with zero attached hydrogens (tertiary/aromatic N) is 3. The van der Waals surface area contributed by atoms with Crippen LogP contribution < -0.4 is 0 Å². The molecule has 2 heterocycles. The Morgan fingerprint density at radius 2 is 2.10 bits per heavy atom. The fourth-order valence-corrected chi connectivity index (χ4v) is 2.51. The van der Waals surface area contributed by atoms with Gasteiger partial charge in [-0.15, -0.1) is 0 Å².